The van der Waals surface area contributed by atoms with Crippen LogP contribution in [0.3, 0.4) is 0 Å². The Bertz CT molecular complexity index is 750. The molecule has 118 valence electrons. The van der Waals surface area contributed by atoms with Crippen LogP contribution in [0.2, 0.25) is 0 Å². The molecule has 0 bridgehead atoms. The summed E-state index contributed by atoms with van der Waals surface area (Å²) in [6.07, 6.45) is 3.77. The Kier molecular flexibility index (Phi) is 4.15. The topological polar surface area (TPSA) is 82.3 Å². The van der Waals surface area contributed by atoms with E-state index in [9.17, 15) is 8.42 Å². The van der Waals surface area contributed by atoms with Gasteiger partial charge in [-0.05, 0) is 31.4 Å². The lowest BCUT2D eigenvalue weighted by molar-refractivity contribution is 0.326. The van der Waals surface area contributed by atoms with Crippen LogP contribution in [0.4, 0.5) is 0 Å². The largest absolute Gasteiger partial charge is 0.478 e. The van der Waals surface area contributed by atoms with E-state index in [4.69, 9.17) is 9.26 Å². The predicted molar refractivity (Wildman–Crippen MR) is 80.2 cm³/mol. The van der Waals surface area contributed by atoms with Gasteiger partial charge < -0.3 is 9.26 Å². The zero-order valence-corrected chi connectivity index (χ0v) is 13.2. The van der Waals surface area contributed by atoms with Gasteiger partial charge in [0.25, 0.3) is 0 Å². The number of ether oxygens (including phenoxy) is 1. The van der Waals surface area contributed by atoms with E-state index in [1.807, 2.05) is 6.92 Å². The molecule has 0 aliphatic heterocycles. The van der Waals surface area contributed by atoms with Crippen molar-refractivity contribution in [3.05, 3.63) is 41.4 Å². The second kappa shape index (κ2) is 6.08. The lowest BCUT2D eigenvalue weighted by Crippen LogP contribution is -2.07. The summed E-state index contributed by atoms with van der Waals surface area (Å²) < 4.78 is 35.0. The van der Waals surface area contributed by atoms with Crippen molar-refractivity contribution in [2.75, 3.05) is 6.61 Å². The van der Waals surface area contributed by atoms with Crippen LogP contribution in [-0.2, 0) is 21.3 Å². The van der Waals surface area contributed by atoms with E-state index in [0.29, 0.717) is 29.7 Å². The summed E-state index contributed by atoms with van der Waals surface area (Å²) in [4.78, 5) is 4.03. The van der Waals surface area contributed by atoms with Gasteiger partial charge >= 0.3 is 0 Å². The highest BCUT2D eigenvalue weighted by Gasteiger charge is 2.28. The Morgan fingerprint density at radius 3 is 2.86 bits per heavy atom. The molecule has 0 radical (unpaired) electrons. The molecule has 7 heteroatoms. The Hall–Kier alpha value is -1.89. The second-order valence-electron chi connectivity index (χ2n) is 5.46. The van der Waals surface area contributed by atoms with Gasteiger partial charge in [0.05, 0.1) is 18.1 Å². The van der Waals surface area contributed by atoms with Gasteiger partial charge in [-0.3, -0.25) is 0 Å². The van der Waals surface area contributed by atoms with E-state index in [1.165, 1.54) is 0 Å². The highest BCUT2D eigenvalue weighted by Crippen LogP contribution is 2.39. The number of hydrogen-bond acceptors (Lipinski definition) is 6. The monoisotopic (exact) mass is 322 g/mol. The third-order valence-corrected chi connectivity index (χ3v) is 4.91. The summed E-state index contributed by atoms with van der Waals surface area (Å²) in [6, 6.07) is 5.08. The number of aromatic nitrogens is 2. The molecular formula is C15H18N2O4S. The highest BCUT2D eigenvalue weighted by atomic mass is 32.2. The Morgan fingerprint density at radius 1 is 1.32 bits per heavy atom. The van der Waals surface area contributed by atoms with E-state index in [-0.39, 0.29) is 11.5 Å². The quantitative estimate of drug-likeness (QED) is 0.779. The minimum atomic E-state index is -3.33. The molecule has 1 saturated carbocycles. The molecule has 0 saturated heterocycles. The van der Waals surface area contributed by atoms with Crippen molar-refractivity contribution in [2.45, 2.75) is 37.2 Å². The summed E-state index contributed by atoms with van der Waals surface area (Å²) in [5, 5.41) is 3.94. The first-order valence-electron chi connectivity index (χ1n) is 7.29. The minimum absolute atomic E-state index is 0.0743. The predicted octanol–water partition coefficient (Wildman–Crippen LogP) is 2.46. The van der Waals surface area contributed by atoms with Crippen LogP contribution in [0.1, 0.15) is 42.7 Å². The van der Waals surface area contributed by atoms with E-state index in [1.54, 1.807) is 24.4 Å². The van der Waals surface area contributed by atoms with Crippen molar-refractivity contribution in [2.24, 2.45) is 0 Å². The average Bonchev–Trinajstić information content (AvgIpc) is 3.20. The van der Waals surface area contributed by atoms with Gasteiger partial charge in [0.1, 0.15) is 5.75 Å². The van der Waals surface area contributed by atoms with Crippen LogP contribution in [-0.4, -0.2) is 25.2 Å². The van der Waals surface area contributed by atoms with Gasteiger partial charge in [0.15, 0.2) is 15.6 Å². The van der Waals surface area contributed by atoms with Crippen LogP contribution >= 0.6 is 0 Å². The van der Waals surface area contributed by atoms with Gasteiger partial charge in [-0.1, -0.05) is 5.16 Å². The maximum atomic E-state index is 12.3. The summed E-state index contributed by atoms with van der Waals surface area (Å²) in [6.45, 7) is 2.34. The molecule has 1 fully saturated rings. The lowest BCUT2D eigenvalue weighted by atomic mass is 10.3. The third-order valence-electron chi connectivity index (χ3n) is 3.41. The number of hydrogen-bond donors (Lipinski definition) is 0. The number of sulfone groups is 1. The van der Waals surface area contributed by atoms with Crippen molar-refractivity contribution >= 4 is 9.84 Å². The van der Waals surface area contributed by atoms with Gasteiger partial charge in [0, 0.05) is 24.2 Å². The molecule has 2 heterocycles. The summed E-state index contributed by atoms with van der Waals surface area (Å²) in [7, 11) is -3.33. The normalized spacial score (nSPS) is 15.0. The molecule has 2 aromatic heterocycles. The van der Waals surface area contributed by atoms with Crippen molar-refractivity contribution in [3.63, 3.8) is 0 Å². The molecule has 2 aromatic rings. The fourth-order valence-electron chi connectivity index (χ4n) is 2.26. The van der Waals surface area contributed by atoms with Gasteiger partial charge in [0.2, 0.25) is 5.88 Å². The number of pyridine rings is 1. The van der Waals surface area contributed by atoms with Crippen molar-refractivity contribution < 1.29 is 17.7 Å². The number of nitrogens with zero attached hydrogens (tertiary/aromatic N) is 2. The third kappa shape index (κ3) is 3.85. The summed E-state index contributed by atoms with van der Waals surface area (Å²) >= 11 is 0. The molecule has 1 aliphatic carbocycles. The smallest absolute Gasteiger partial charge is 0.213 e. The first kappa shape index (κ1) is 15.0. The Balaban J connectivity index is 1.68. The standard InChI is InChI=1S/C15H18N2O4S/c1-2-20-15-7-11(5-6-16-15)9-22(18,19)10-13-8-14(17-21-13)12-3-4-12/h5-8,12H,2-4,9-10H2,1H3. The first-order chi connectivity index (χ1) is 10.6. The molecule has 0 N–H and O–H groups in total. The van der Waals surface area contributed by atoms with Gasteiger partial charge in [-0.15, -0.1) is 0 Å². The van der Waals surface area contributed by atoms with Crippen LogP contribution in [0.5, 0.6) is 5.88 Å². The van der Waals surface area contributed by atoms with Crippen LogP contribution in [0, 0.1) is 0 Å². The zero-order valence-electron chi connectivity index (χ0n) is 12.4. The van der Waals surface area contributed by atoms with E-state index < -0.39 is 9.84 Å². The molecule has 6 nitrogen and oxygen atoms in total. The molecule has 3 rings (SSSR count). The Morgan fingerprint density at radius 2 is 2.14 bits per heavy atom. The van der Waals surface area contributed by atoms with E-state index >= 15 is 0 Å². The second-order valence-corrected chi connectivity index (χ2v) is 7.52. The maximum absolute atomic E-state index is 12.3. The lowest BCUT2D eigenvalue weighted by Gasteiger charge is -2.05. The maximum Gasteiger partial charge on any atom is 0.213 e. The van der Waals surface area contributed by atoms with Crippen LogP contribution in [0.15, 0.2) is 28.9 Å². The molecule has 0 atom stereocenters. The van der Waals surface area contributed by atoms with Crippen molar-refractivity contribution in [3.8, 4) is 5.88 Å². The molecular weight excluding hydrogens is 304 g/mol. The van der Waals surface area contributed by atoms with E-state index in [0.717, 1.165) is 18.5 Å². The first-order valence-corrected chi connectivity index (χ1v) is 9.11. The molecule has 0 unspecified atom stereocenters. The molecule has 0 spiro atoms. The number of rotatable bonds is 7. The van der Waals surface area contributed by atoms with Crippen molar-refractivity contribution in [1.29, 1.82) is 0 Å². The minimum Gasteiger partial charge on any atom is -0.478 e. The molecule has 0 aromatic carbocycles. The zero-order chi connectivity index (χ0) is 15.6. The highest BCUT2D eigenvalue weighted by molar-refractivity contribution is 7.89. The fraction of sp³-hybridized carbons (Fsp3) is 0.467. The Labute approximate surface area is 129 Å². The van der Waals surface area contributed by atoms with Crippen LogP contribution in [0.25, 0.3) is 0 Å². The molecule has 1 aliphatic rings. The van der Waals surface area contributed by atoms with Crippen molar-refractivity contribution in [1.82, 2.24) is 10.1 Å². The summed E-state index contributed by atoms with van der Waals surface area (Å²) in [5.41, 5.74) is 1.52. The molecule has 22 heavy (non-hydrogen) atoms. The van der Waals surface area contributed by atoms with Crippen LogP contribution < -0.4 is 4.74 Å². The van der Waals surface area contributed by atoms with E-state index in [2.05, 4.69) is 10.1 Å². The van der Waals surface area contributed by atoms with Gasteiger partial charge in [-0.25, -0.2) is 13.4 Å². The fourth-order valence-corrected chi connectivity index (χ4v) is 3.62. The summed E-state index contributed by atoms with van der Waals surface area (Å²) in [5.74, 6) is 1.08. The van der Waals surface area contributed by atoms with Gasteiger partial charge in [-0.2, -0.15) is 0 Å². The average molecular weight is 322 g/mol. The molecule has 0 amide bonds. The SMILES string of the molecule is CCOc1cc(CS(=O)(=O)Cc2cc(C3CC3)no2)ccn1.